The maximum absolute atomic E-state index is 7.56. The first-order chi connectivity index (χ1) is 12.6. The van der Waals surface area contributed by atoms with Gasteiger partial charge in [-0.1, -0.05) is 34.1 Å². The number of anilines is 1. The second-order valence-electron chi connectivity index (χ2n) is 4.54. The van der Waals surface area contributed by atoms with E-state index < -0.39 is 13.4 Å². The van der Waals surface area contributed by atoms with Crippen molar-refractivity contribution in [1.29, 1.82) is 0 Å². The van der Waals surface area contributed by atoms with Gasteiger partial charge < -0.3 is 34.3 Å². The Bertz CT molecular complexity index is 529. The van der Waals surface area contributed by atoms with Crippen molar-refractivity contribution in [2.24, 2.45) is 0 Å². The smallest absolute Gasteiger partial charge is 0.319 e. The summed E-state index contributed by atoms with van der Waals surface area (Å²) in [7, 11) is 0. The van der Waals surface area contributed by atoms with E-state index in [2.05, 4.69) is 66.2 Å². The molecule has 170 valence electrons. The van der Waals surface area contributed by atoms with E-state index in [1.54, 1.807) is 0 Å². The highest BCUT2D eigenvalue weighted by Gasteiger charge is 2.05. The first kappa shape index (κ1) is 35.7. The molecule has 0 amide bonds. The molecule has 0 unspecified atom stereocenters. The van der Waals surface area contributed by atoms with E-state index in [1.807, 2.05) is 26.8 Å². The number of rotatable bonds is 3. The zero-order valence-electron chi connectivity index (χ0n) is 17.3. The monoisotopic (exact) mass is 501 g/mol. The van der Waals surface area contributed by atoms with E-state index in [0.717, 1.165) is 24.6 Å². The van der Waals surface area contributed by atoms with Crippen LogP contribution in [-0.2, 0) is 23.6 Å². The second kappa shape index (κ2) is 20.5. The van der Waals surface area contributed by atoms with Crippen LogP contribution >= 0.6 is 25.0 Å². The van der Waals surface area contributed by atoms with Crippen molar-refractivity contribution in [3.05, 3.63) is 17.0 Å². The van der Waals surface area contributed by atoms with Crippen molar-refractivity contribution in [3.8, 4) is 0 Å². The zero-order valence-corrected chi connectivity index (χ0v) is 21.5. The quantitative estimate of drug-likeness (QED) is 0.268. The Hall–Kier alpha value is 0.230. The number of hydrogen-bond donors (Lipinski definition) is 6. The van der Waals surface area contributed by atoms with E-state index in [9.17, 15) is 0 Å². The van der Waals surface area contributed by atoms with E-state index in [-0.39, 0.29) is 0 Å². The van der Waals surface area contributed by atoms with Crippen LogP contribution in [0, 0.1) is 6.92 Å². The van der Waals surface area contributed by atoms with Crippen LogP contribution in [0.4, 0.5) is 5.82 Å². The van der Waals surface area contributed by atoms with Crippen LogP contribution in [-0.4, -0.2) is 52.4 Å². The van der Waals surface area contributed by atoms with Gasteiger partial charge in [-0.05, 0) is 56.0 Å². The van der Waals surface area contributed by atoms with Crippen molar-refractivity contribution in [3.63, 3.8) is 0 Å². The highest BCUT2D eigenvalue weighted by Crippen LogP contribution is 2.27. The van der Waals surface area contributed by atoms with Crippen molar-refractivity contribution < 1.29 is 29.4 Å². The van der Waals surface area contributed by atoms with E-state index >= 15 is 0 Å². The first-order valence-electron chi connectivity index (χ1n) is 8.41. The predicted molar refractivity (Wildman–Crippen MR) is 125 cm³/mol. The van der Waals surface area contributed by atoms with Gasteiger partial charge in [-0.25, -0.2) is 9.97 Å². The molecular formula is C14H34ClN3O6P2S2. The summed E-state index contributed by atoms with van der Waals surface area (Å²) in [5.74, 6) is 0.905. The summed E-state index contributed by atoms with van der Waals surface area (Å²) < 4.78 is 0. The molecule has 0 bridgehead atoms. The Labute approximate surface area is 183 Å². The fraction of sp³-hybridized carbons (Fsp3) is 0.714. The molecule has 6 N–H and O–H groups in total. The molecule has 0 aromatic carbocycles. The molecule has 0 spiro atoms. The van der Waals surface area contributed by atoms with Crippen molar-refractivity contribution >= 4 is 54.5 Å². The van der Waals surface area contributed by atoms with Gasteiger partial charge in [0.05, 0.1) is 0 Å². The summed E-state index contributed by atoms with van der Waals surface area (Å²) in [4.78, 5) is 55.7. The third-order valence-corrected chi connectivity index (χ3v) is 2.07. The molecule has 1 heterocycles. The van der Waals surface area contributed by atoms with Gasteiger partial charge in [-0.15, -0.1) is 0 Å². The van der Waals surface area contributed by atoms with Gasteiger partial charge in [0, 0.05) is 24.8 Å². The molecule has 0 aliphatic rings. The molecule has 0 radical (unpaired) electrons. The number of aryl methyl sites for hydroxylation is 1. The molecule has 1 aromatic heterocycles. The Balaban J connectivity index is -0.000000160. The lowest BCUT2D eigenvalue weighted by Gasteiger charge is -2.19. The van der Waals surface area contributed by atoms with Crippen molar-refractivity contribution in [2.75, 3.05) is 18.0 Å². The molecule has 0 saturated heterocycles. The van der Waals surface area contributed by atoms with Crippen LogP contribution < -0.4 is 4.90 Å². The van der Waals surface area contributed by atoms with Crippen LogP contribution in [0.2, 0.25) is 5.28 Å². The molecule has 0 aliphatic heterocycles. The van der Waals surface area contributed by atoms with Crippen molar-refractivity contribution in [1.82, 2.24) is 9.97 Å². The molecule has 9 nitrogen and oxygen atoms in total. The minimum atomic E-state index is -3.81. The molecular weight excluding hydrogens is 468 g/mol. The fourth-order valence-corrected chi connectivity index (χ4v) is 1.45. The number of halogens is 1. The average Bonchev–Trinajstić information content (AvgIpc) is 2.47. The summed E-state index contributed by atoms with van der Waals surface area (Å²) in [5.41, 5.74) is 0.905. The summed E-state index contributed by atoms with van der Waals surface area (Å²) in [6, 6.07) is 1.94. The van der Waals surface area contributed by atoms with E-state index in [0.29, 0.717) is 5.28 Å². The van der Waals surface area contributed by atoms with Gasteiger partial charge in [0.1, 0.15) is 5.82 Å². The SMILES string of the molecule is CC.CCC.CCN(CC)c1cc(C)nc(Cl)n1.OP(O)(O)=S.OP(O)(O)=S. The van der Waals surface area contributed by atoms with Gasteiger partial charge in [-0.2, -0.15) is 0 Å². The molecule has 0 fully saturated rings. The van der Waals surface area contributed by atoms with Gasteiger partial charge in [0.25, 0.3) is 0 Å². The van der Waals surface area contributed by atoms with Gasteiger partial charge in [0.15, 0.2) is 0 Å². The van der Waals surface area contributed by atoms with Crippen LogP contribution in [0.25, 0.3) is 0 Å². The average molecular weight is 502 g/mol. The standard InChI is InChI=1S/C9H14ClN3.C3H8.C2H6.2H3O3PS/c1-4-13(5-2)8-6-7(3)11-9(10)12-8;1-3-2;1-2;2*1-4(2,3)5/h6H,4-5H2,1-3H3;3H2,1-2H3;1-2H3;2*(H3,1,2,3,5). The van der Waals surface area contributed by atoms with Gasteiger partial charge >= 0.3 is 13.4 Å². The van der Waals surface area contributed by atoms with Gasteiger partial charge in [0.2, 0.25) is 5.28 Å². The van der Waals surface area contributed by atoms with Crippen LogP contribution in [0.5, 0.6) is 0 Å². The molecule has 1 aromatic rings. The Morgan fingerprint density at radius 2 is 1.18 bits per heavy atom. The number of nitrogens with zero attached hydrogens (tertiary/aromatic N) is 3. The van der Waals surface area contributed by atoms with Crippen LogP contribution in [0.3, 0.4) is 0 Å². The van der Waals surface area contributed by atoms with E-state index in [1.165, 1.54) is 6.42 Å². The summed E-state index contributed by atoms with van der Waals surface area (Å²) >= 11 is 13.0. The molecule has 1 rings (SSSR count). The topological polar surface area (TPSA) is 150 Å². The normalized spacial score (nSPS) is 9.79. The summed E-state index contributed by atoms with van der Waals surface area (Å²) in [6.07, 6.45) is 1.25. The molecule has 0 aliphatic carbocycles. The Kier molecular flexibility index (Phi) is 26.1. The maximum atomic E-state index is 7.56. The molecule has 28 heavy (non-hydrogen) atoms. The third-order valence-electron chi connectivity index (χ3n) is 1.90. The van der Waals surface area contributed by atoms with Gasteiger partial charge in [-0.3, -0.25) is 0 Å². The van der Waals surface area contributed by atoms with Crippen LogP contribution in [0.15, 0.2) is 6.07 Å². The fourth-order valence-electron chi connectivity index (χ4n) is 1.23. The maximum Gasteiger partial charge on any atom is 0.319 e. The molecule has 0 atom stereocenters. The largest absolute Gasteiger partial charge is 0.357 e. The molecule has 14 heteroatoms. The molecule has 0 saturated carbocycles. The number of aromatic nitrogens is 2. The lowest BCUT2D eigenvalue weighted by Crippen LogP contribution is -2.23. The second-order valence-corrected chi connectivity index (χ2v) is 9.87. The highest BCUT2D eigenvalue weighted by molar-refractivity contribution is 8.06. The lowest BCUT2D eigenvalue weighted by molar-refractivity contribution is 0.361. The first-order valence-corrected chi connectivity index (χ1v) is 14.1. The summed E-state index contributed by atoms with van der Waals surface area (Å²) in [6.45, 7) is 8.61. The van der Waals surface area contributed by atoms with Crippen LogP contribution in [0.1, 0.15) is 53.7 Å². The lowest BCUT2D eigenvalue weighted by atomic mass is 10.4. The third kappa shape index (κ3) is 40.8. The predicted octanol–water partition coefficient (Wildman–Crippen LogP) is 3.10. The summed E-state index contributed by atoms with van der Waals surface area (Å²) in [5, 5.41) is 0.321. The van der Waals surface area contributed by atoms with E-state index in [4.69, 9.17) is 41.0 Å². The zero-order chi connectivity index (χ0) is 23.6. The minimum absolute atomic E-state index is 0.321. The Morgan fingerprint density at radius 3 is 1.39 bits per heavy atom. The Morgan fingerprint density at radius 1 is 0.893 bits per heavy atom. The number of hydrogen-bond acceptors (Lipinski definition) is 5. The minimum Gasteiger partial charge on any atom is -0.357 e. The van der Waals surface area contributed by atoms with Crippen molar-refractivity contribution in [2.45, 2.75) is 54.9 Å². The highest BCUT2D eigenvalue weighted by atomic mass is 35.5.